The molecule has 35 heavy (non-hydrogen) atoms. The second-order valence-corrected chi connectivity index (χ2v) is 11.0. The number of alkyl halides is 1. The number of rotatable bonds is 7. The molecule has 188 valence electrons. The van der Waals surface area contributed by atoms with Crippen molar-refractivity contribution in [2.45, 2.75) is 55.6 Å². The van der Waals surface area contributed by atoms with Gasteiger partial charge in [-0.05, 0) is 24.5 Å². The van der Waals surface area contributed by atoms with Gasteiger partial charge < -0.3 is 25.4 Å². The molecule has 7 atom stereocenters. The van der Waals surface area contributed by atoms with Crippen molar-refractivity contribution in [2.24, 2.45) is 17.8 Å². The Balaban J connectivity index is 1.51. The third-order valence-electron chi connectivity index (χ3n) is 7.66. The van der Waals surface area contributed by atoms with Gasteiger partial charge in [0.05, 0.1) is 36.1 Å². The molecule has 3 saturated heterocycles. The lowest BCUT2D eigenvalue weighted by atomic mass is 9.70. The topological polar surface area (TPSA) is 139 Å². The van der Waals surface area contributed by atoms with Crippen LogP contribution in [0.1, 0.15) is 20.3 Å². The second kappa shape index (κ2) is 8.82. The van der Waals surface area contributed by atoms with E-state index in [1.165, 1.54) is 11.9 Å². The van der Waals surface area contributed by atoms with E-state index in [1.807, 2.05) is 38.1 Å². The SMILES string of the molecule is CNC(=O)[C@H]1[C@@H]2OC3(CC2Br)C(C(=O)NCn2nnc4ccccc42)N([C@@H](CO)C(C)C)C(=O)[C@H]13. The number of carbonyl (C=O) groups is 3. The van der Waals surface area contributed by atoms with Crippen molar-refractivity contribution in [1.29, 1.82) is 0 Å². The van der Waals surface area contributed by atoms with Crippen LogP contribution in [0.25, 0.3) is 11.0 Å². The van der Waals surface area contributed by atoms with Gasteiger partial charge in [0.1, 0.15) is 23.8 Å². The highest BCUT2D eigenvalue weighted by atomic mass is 79.9. The quantitative estimate of drug-likeness (QED) is 0.414. The summed E-state index contributed by atoms with van der Waals surface area (Å²) >= 11 is 3.62. The molecule has 3 aliphatic heterocycles. The first kappa shape index (κ1) is 24.1. The van der Waals surface area contributed by atoms with E-state index >= 15 is 0 Å². The number of fused-ring (bicyclic) bond motifs is 2. The Labute approximate surface area is 210 Å². The van der Waals surface area contributed by atoms with Gasteiger partial charge in [-0.1, -0.05) is 47.1 Å². The summed E-state index contributed by atoms with van der Waals surface area (Å²) in [7, 11) is 1.53. The molecular formula is C23H29BrN6O5. The number of benzene rings is 1. The Hall–Kier alpha value is -2.57. The lowest BCUT2D eigenvalue weighted by molar-refractivity contribution is -0.147. The van der Waals surface area contributed by atoms with Crippen molar-refractivity contribution in [2.75, 3.05) is 13.7 Å². The number of halogens is 1. The lowest BCUT2D eigenvalue weighted by Crippen LogP contribution is -2.59. The van der Waals surface area contributed by atoms with E-state index in [-0.39, 0.29) is 35.8 Å². The number of aromatic nitrogens is 3. The van der Waals surface area contributed by atoms with Crippen LogP contribution in [0, 0.1) is 17.8 Å². The monoisotopic (exact) mass is 548 g/mol. The van der Waals surface area contributed by atoms with Gasteiger partial charge in [-0.3, -0.25) is 14.4 Å². The fourth-order valence-electron chi connectivity index (χ4n) is 6.09. The summed E-state index contributed by atoms with van der Waals surface area (Å²) in [5.74, 6) is -2.70. The molecule has 3 aliphatic rings. The second-order valence-electron chi connectivity index (χ2n) is 9.79. The predicted octanol–water partition coefficient (Wildman–Crippen LogP) is 0.0159. The van der Waals surface area contributed by atoms with Crippen molar-refractivity contribution in [1.82, 2.24) is 30.5 Å². The molecule has 1 aromatic carbocycles. The van der Waals surface area contributed by atoms with Gasteiger partial charge in [0, 0.05) is 11.9 Å². The third-order valence-corrected chi connectivity index (χ3v) is 8.51. The van der Waals surface area contributed by atoms with Gasteiger partial charge in [-0.15, -0.1) is 5.10 Å². The zero-order valence-electron chi connectivity index (χ0n) is 19.7. The van der Waals surface area contributed by atoms with Crippen molar-refractivity contribution in [3.05, 3.63) is 24.3 Å². The van der Waals surface area contributed by atoms with Crippen LogP contribution in [0.2, 0.25) is 0 Å². The zero-order valence-corrected chi connectivity index (χ0v) is 21.3. The molecule has 5 rings (SSSR count). The molecule has 0 aliphatic carbocycles. The highest BCUT2D eigenvalue weighted by molar-refractivity contribution is 9.09. The Morgan fingerprint density at radius 1 is 1.31 bits per heavy atom. The Morgan fingerprint density at radius 3 is 2.74 bits per heavy atom. The minimum Gasteiger partial charge on any atom is -0.394 e. The van der Waals surface area contributed by atoms with Gasteiger partial charge in [0.25, 0.3) is 0 Å². The van der Waals surface area contributed by atoms with Crippen LogP contribution in [-0.2, 0) is 25.8 Å². The maximum Gasteiger partial charge on any atom is 0.247 e. The molecule has 1 spiro atoms. The minimum absolute atomic E-state index is 0.0458. The Kier molecular flexibility index (Phi) is 6.09. The van der Waals surface area contributed by atoms with E-state index in [2.05, 4.69) is 36.9 Å². The Bertz CT molecular complexity index is 1170. The largest absolute Gasteiger partial charge is 0.394 e. The molecule has 0 saturated carbocycles. The molecule has 11 nitrogen and oxygen atoms in total. The van der Waals surface area contributed by atoms with Crippen LogP contribution in [0.15, 0.2) is 24.3 Å². The maximum absolute atomic E-state index is 13.9. The molecular weight excluding hydrogens is 520 g/mol. The van der Waals surface area contributed by atoms with Gasteiger partial charge in [0.2, 0.25) is 17.7 Å². The van der Waals surface area contributed by atoms with Gasteiger partial charge >= 0.3 is 0 Å². The van der Waals surface area contributed by atoms with Gasteiger partial charge in [0.15, 0.2) is 0 Å². The van der Waals surface area contributed by atoms with Crippen LogP contribution < -0.4 is 10.6 Å². The average molecular weight is 549 g/mol. The predicted molar refractivity (Wildman–Crippen MR) is 128 cm³/mol. The van der Waals surface area contributed by atoms with Crippen LogP contribution in [0.3, 0.4) is 0 Å². The third kappa shape index (κ3) is 3.48. The van der Waals surface area contributed by atoms with Crippen LogP contribution in [-0.4, -0.2) is 85.0 Å². The molecule has 3 N–H and O–H groups in total. The number of likely N-dealkylation sites (tertiary alicyclic amines) is 1. The maximum atomic E-state index is 13.9. The van der Waals surface area contributed by atoms with E-state index < -0.39 is 41.5 Å². The van der Waals surface area contributed by atoms with E-state index in [1.54, 1.807) is 4.68 Å². The van der Waals surface area contributed by atoms with E-state index in [0.717, 1.165) is 5.52 Å². The summed E-state index contributed by atoms with van der Waals surface area (Å²) < 4.78 is 7.97. The molecule has 2 bridgehead atoms. The minimum atomic E-state index is -1.18. The fraction of sp³-hybridized carbons (Fsp3) is 0.609. The molecule has 3 unspecified atom stereocenters. The van der Waals surface area contributed by atoms with Gasteiger partial charge in [-0.2, -0.15) is 0 Å². The zero-order chi connectivity index (χ0) is 25.1. The number of hydrogen-bond acceptors (Lipinski definition) is 7. The smallest absolute Gasteiger partial charge is 0.247 e. The van der Waals surface area contributed by atoms with Gasteiger partial charge in [-0.25, -0.2) is 4.68 Å². The summed E-state index contributed by atoms with van der Waals surface area (Å²) in [5, 5.41) is 24.0. The number of nitrogens with zero attached hydrogens (tertiary/aromatic N) is 4. The normalized spacial score (nSPS) is 32.3. The number of aliphatic hydroxyl groups excluding tert-OH is 1. The van der Waals surface area contributed by atoms with Crippen LogP contribution >= 0.6 is 15.9 Å². The van der Waals surface area contributed by atoms with Crippen LogP contribution in [0.5, 0.6) is 0 Å². The molecule has 3 fully saturated rings. The number of ether oxygens (including phenoxy) is 1. The van der Waals surface area contributed by atoms with Crippen LogP contribution in [0.4, 0.5) is 0 Å². The van der Waals surface area contributed by atoms with E-state index in [4.69, 9.17) is 4.74 Å². The van der Waals surface area contributed by atoms with Crippen molar-refractivity contribution >= 4 is 44.7 Å². The number of hydrogen-bond donors (Lipinski definition) is 3. The average Bonchev–Trinajstić information content (AvgIpc) is 3.55. The molecule has 12 heteroatoms. The highest BCUT2D eigenvalue weighted by Gasteiger charge is 2.77. The molecule has 0 radical (unpaired) electrons. The summed E-state index contributed by atoms with van der Waals surface area (Å²) in [6.45, 7) is 3.51. The van der Waals surface area contributed by atoms with Crippen molar-refractivity contribution in [3.63, 3.8) is 0 Å². The van der Waals surface area contributed by atoms with E-state index in [0.29, 0.717) is 11.9 Å². The summed E-state index contributed by atoms with van der Waals surface area (Å²) in [6, 6.07) is 5.79. The summed E-state index contributed by atoms with van der Waals surface area (Å²) in [5.41, 5.74) is 0.285. The molecule has 2 aromatic rings. The first-order valence-corrected chi connectivity index (χ1v) is 12.7. The number of aliphatic hydroxyl groups is 1. The lowest BCUT2D eigenvalue weighted by Gasteiger charge is -2.38. The molecule has 1 aromatic heterocycles. The van der Waals surface area contributed by atoms with E-state index in [9.17, 15) is 19.5 Å². The molecule has 4 heterocycles. The number of para-hydroxylation sites is 1. The highest BCUT2D eigenvalue weighted by Crippen LogP contribution is 2.60. The first-order chi connectivity index (χ1) is 16.7. The standard InChI is InChI=1S/C23H29BrN6O5/c1-11(2)15(9-31)30-19(21(33)26-10-29-14-7-5-4-6-13(14)27-28-29)23-8-12(24)18(35-23)16(20(32)25-3)17(23)22(30)34/h4-7,11-12,15-19,31H,8-10H2,1-3H3,(H,25,32)(H,26,33)/t12?,15-,16+,17-,18+,19?,23?/m0/s1. The fourth-order valence-corrected chi connectivity index (χ4v) is 7.04. The number of carbonyl (C=O) groups excluding carboxylic acids is 3. The molecule has 3 amide bonds. The summed E-state index contributed by atoms with van der Waals surface area (Å²) in [4.78, 5) is 41.8. The van der Waals surface area contributed by atoms with Crippen molar-refractivity contribution in [3.8, 4) is 0 Å². The first-order valence-electron chi connectivity index (χ1n) is 11.8. The number of nitrogens with one attached hydrogen (secondary N) is 2. The van der Waals surface area contributed by atoms with Crippen molar-refractivity contribution < 1.29 is 24.2 Å². The Morgan fingerprint density at radius 2 is 2.06 bits per heavy atom. The summed E-state index contributed by atoms with van der Waals surface area (Å²) in [6.07, 6.45) is -0.120. The number of amides is 3.